The van der Waals surface area contributed by atoms with Crippen molar-refractivity contribution in [1.29, 1.82) is 0 Å². The first-order valence-corrected chi connectivity index (χ1v) is 10.1. The Morgan fingerprint density at radius 1 is 0.750 bits per heavy atom. The summed E-state index contributed by atoms with van der Waals surface area (Å²) >= 11 is 0. The van der Waals surface area contributed by atoms with Gasteiger partial charge in [0.05, 0.1) is 19.3 Å². The monoisotopic (exact) mass is 344 g/mol. The lowest BCUT2D eigenvalue weighted by molar-refractivity contribution is -0.148. The lowest BCUT2D eigenvalue weighted by Crippen LogP contribution is -2.15. The molecule has 0 saturated carbocycles. The summed E-state index contributed by atoms with van der Waals surface area (Å²) in [4.78, 5) is 11.7. The van der Waals surface area contributed by atoms with Crippen molar-refractivity contribution < 1.29 is 19.0 Å². The number of hydrogen-bond acceptors (Lipinski definition) is 4. The van der Waals surface area contributed by atoms with Crippen LogP contribution < -0.4 is 0 Å². The molecule has 0 spiro atoms. The van der Waals surface area contributed by atoms with Crippen molar-refractivity contribution in [3.8, 4) is 0 Å². The lowest BCUT2D eigenvalue weighted by Gasteiger charge is -2.13. The lowest BCUT2D eigenvalue weighted by atomic mass is 10.1. The Morgan fingerprint density at radius 3 is 1.96 bits per heavy atom. The Balaban J connectivity index is 3.28. The fourth-order valence-electron chi connectivity index (χ4n) is 2.47. The maximum absolute atomic E-state index is 11.7. The van der Waals surface area contributed by atoms with E-state index in [1.807, 2.05) is 6.92 Å². The van der Waals surface area contributed by atoms with Crippen LogP contribution in [0.15, 0.2) is 0 Å². The summed E-state index contributed by atoms with van der Waals surface area (Å²) in [6.45, 7) is 9.06. The van der Waals surface area contributed by atoms with Crippen LogP contribution in [-0.2, 0) is 19.0 Å². The molecule has 0 saturated heterocycles. The third kappa shape index (κ3) is 17.7. The number of ether oxygens (including phenoxy) is 3. The van der Waals surface area contributed by atoms with Gasteiger partial charge >= 0.3 is 5.97 Å². The highest BCUT2D eigenvalue weighted by atomic mass is 16.5. The van der Waals surface area contributed by atoms with Crippen molar-refractivity contribution >= 4 is 5.97 Å². The predicted molar refractivity (Wildman–Crippen MR) is 99.3 cm³/mol. The van der Waals surface area contributed by atoms with Crippen LogP contribution in [0, 0.1) is 0 Å². The quantitative estimate of drug-likeness (QED) is 0.250. The summed E-state index contributed by atoms with van der Waals surface area (Å²) in [5.41, 5.74) is 0. The highest BCUT2D eigenvalue weighted by Crippen LogP contribution is 2.09. The molecule has 0 aliphatic carbocycles. The minimum atomic E-state index is -0.103. The first kappa shape index (κ1) is 23.4. The van der Waals surface area contributed by atoms with Crippen LogP contribution in [0.3, 0.4) is 0 Å². The number of hydrogen-bond donors (Lipinski definition) is 0. The molecule has 0 aromatic carbocycles. The molecule has 24 heavy (non-hydrogen) atoms. The smallest absolute Gasteiger partial charge is 0.306 e. The van der Waals surface area contributed by atoms with Gasteiger partial charge < -0.3 is 14.2 Å². The van der Waals surface area contributed by atoms with Crippen molar-refractivity contribution in [1.82, 2.24) is 0 Å². The van der Waals surface area contributed by atoms with Gasteiger partial charge in [0.25, 0.3) is 0 Å². The average Bonchev–Trinajstić information content (AvgIpc) is 2.56. The van der Waals surface area contributed by atoms with E-state index in [1.165, 1.54) is 38.5 Å². The summed E-state index contributed by atoms with van der Waals surface area (Å²) in [5.74, 6) is -0.103. The van der Waals surface area contributed by atoms with E-state index in [9.17, 15) is 4.79 Å². The fourth-order valence-corrected chi connectivity index (χ4v) is 2.47. The van der Waals surface area contributed by atoms with Crippen molar-refractivity contribution in [2.45, 2.75) is 97.5 Å². The first-order valence-electron chi connectivity index (χ1n) is 10.1. The molecule has 0 rings (SSSR count). The average molecular weight is 345 g/mol. The van der Waals surface area contributed by atoms with Crippen LogP contribution in [0.5, 0.6) is 0 Å². The Labute approximate surface area is 149 Å². The minimum Gasteiger partial charge on any atom is -0.463 e. The van der Waals surface area contributed by atoms with Gasteiger partial charge in [-0.1, -0.05) is 52.4 Å². The third-order valence-electron chi connectivity index (χ3n) is 3.98. The minimum absolute atomic E-state index is 0.0383. The third-order valence-corrected chi connectivity index (χ3v) is 3.98. The van der Waals surface area contributed by atoms with Gasteiger partial charge in [0, 0.05) is 19.6 Å². The molecule has 0 radical (unpaired) electrons. The van der Waals surface area contributed by atoms with Crippen LogP contribution in [-0.4, -0.2) is 38.5 Å². The van der Waals surface area contributed by atoms with Crippen LogP contribution in [0.2, 0.25) is 0 Å². The van der Waals surface area contributed by atoms with E-state index in [0.717, 1.165) is 32.3 Å². The second kappa shape index (κ2) is 18.7. The second-order valence-corrected chi connectivity index (χ2v) is 6.54. The molecule has 0 bridgehead atoms. The molecule has 0 aromatic heterocycles. The van der Waals surface area contributed by atoms with E-state index < -0.39 is 0 Å². The number of unbranched alkanes of at least 4 members (excludes halogenated alkanes) is 6. The van der Waals surface area contributed by atoms with E-state index in [1.54, 1.807) is 0 Å². The zero-order chi connectivity index (χ0) is 17.9. The molecule has 144 valence electrons. The van der Waals surface area contributed by atoms with E-state index in [2.05, 4.69) is 13.8 Å². The zero-order valence-electron chi connectivity index (χ0n) is 16.3. The van der Waals surface area contributed by atoms with Crippen LogP contribution in [0.4, 0.5) is 0 Å². The molecular formula is C20H40O4. The maximum Gasteiger partial charge on any atom is 0.306 e. The highest BCUT2D eigenvalue weighted by molar-refractivity contribution is 5.69. The normalized spacial score (nSPS) is 12.3. The van der Waals surface area contributed by atoms with Crippen molar-refractivity contribution in [2.24, 2.45) is 0 Å². The molecule has 1 atom stereocenters. The van der Waals surface area contributed by atoms with E-state index >= 15 is 0 Å². The number of esters is 1. The maximum atomic E-state index is 11.7. The second-order valence-electron chi connectivity index (χ2n) is 6.54. The summed E-state index contributed by atoms with van der Waals surface area (Å²) in [5, 5.41) is 0. The van der Waals surface area contributed by atoms with Crippen LogP contribution >= 0.6 is 0 Å². The molecule has 0 aliphatic rings. The van der Waals surface area contributed by atoms with Gasteiger partial charge in [0.15, 0.2) is 0 Å². The van der Waals surface area contributed by atoms with Crippen molar-refractivity contribution in [3.05, 3.63) is 0 Å². The van der Waals surface area contributed by atoms with Gasteiger partial charge in [-0.15, -0.1) is 0 Å². The fraction of sp³-hybridized carbons (Fsp3) is 0.950. The summed E-state index contributed by atoms with van der Waals surface area (Å²) < 4.78 is 16.4. The molecule has 0 N–H and O–H groups in total. The molecule has 0 aliphatic heterocycles. The topological polar surface area (TPSA) is 44.8 Å². The standard InChI is InChI=1S/C20H40O4/c1-4-6-8-10-13-19(3)24-20(21)14-12-16-23-18-17-22-15-11-9-7-5-2/h19H,4-18H2,1-3H3. The van der Waals surface area contributed by atoms with Crippen molar-refractivity contribution in [3.63, 3.8) is 0 Å². The van der Waals surface area contributed by atoms with Gasteiger partial charge in [-0.3, -0.25) is 4.79 Å². The molecule has 0 fully saturated rings. The molecular weight excluding hydrogens is 304 g/mol. The molecule has 0 heterocycles. The van der Waals surface area contributed by atoms with Gasteiger partial charge in [0.1, 0.15) is 0 Å². The largest absolute Gasteiger partial charge is 0.463 e. The number of rotatable bonds is 18. The SMILES string of the molecule is CCCCCCOCCOCCCC(=O)OC(C)CCCCCC. The first-order chi connectivity index (χ1) is 11.7. The Morgan fingerprint density at radius 2 is 1.33 bits per heavy atom. The van der Waals surface area contributed by atoms with Crippen LogP contribution in [0.1, 0.15) is 91.4 Å². The van der Waals surface area contributed by atoms with E-state index in [4.69, 9.17) is 14.2 Å². The molecule has 1 unspecified atom stereocenters. The van der Waals surface area contributed by atoms with Gasteiger partial charge in [-0.05, 0) is 32.6 Å². The van der Waals surface area contributed by atoms with E-state index in [-0.39, 0.29) is 12.1 Å². The zero-order valence-corrected chi connectivity index (χ0v) is 16.3. The van der Waals surface area contributed by atoms with Gasteiger partial charge in [-0.25, -0.2) is 0 Å². The summed E-state index contributed by atoms with van der Waals surface area (Å²) in [6.07, 6.45) is 12.0. The predicted octanol–water partition coefficient (Wildman–Crippen LogP) is 5.28. The molecule has 0 aromatic rings. The molecule has 4 heteroatoms. The Bertz CT molecular complexity index is 268. The van der Waals surface area contributed by atoms with Crippen molar-refractivity contribution in [2.75, 3.05) is 26.4 Å². The molecule has 0 amide bonds. The Kier molecular flexibility index (Phi) is 18.2. The van der Waals surface area contributed by atoms with Crippen LogP contribution in [0.25, 0.3) is 0 Å². The number of carbonyl (C=O) groups excluding carboxylic acids is 1. The summed E-state index contributed by atoms with van der Waals surface area (Å²) in [7, 11) is 0. The number of carbonyl (C=O) groups is 1. The highest BCUT2D eigenvalue weighted by Gasteiger charge is 2.08. The Hall–Kier alpha value is -0.610. The van der Waals surface area contributed by atoms with Gasteiger partial charge in [0.2, 0.25) is 0 Å². The summed E-state index contributed by atoms with van der Waals surface area (Å²) in [6, 6.07) is 0. The van der Waals surface area contributed by atoms with E-state index in [0.29, 0.717) is 26.2 Å². The van der Waals surface area contributed by atoms with Gasteiger partial charge in [-0.2, -0.15) is 0 Å². The molecule has 4 nitrogen and oxygen atoms in total.